The van der Waals surface area contributed by atoms with E-state index in [0.717, 1.165) is 19.3 Å². The molecule has 0 aromatic carbocycles. The van der Waals surface area contributed by atoms with E-state index in [1.54, 1.807) is 0 Å². The van der Waals surface area contributed by atoms with Crippen molar-refractivity contribution in [2.24, 2.45) is 11.1 Å². The number of nitrogens with two attached hydrogens (primary N) is 1. The number of carbonyl (C=O) groups excluding carboxylic acids is 1. The molecule has 1 aromatic heterocycles. The van der Waals surface area contributed by atoms with Crippen LogP contribution in [0.15, 0.2) is 4.52 Å². The van der Waals surface area contributed by atoms with Crippen LogP contribution in [-0.4, -0.2) is 21.7 Å². The Morgan fingerprint density at radius 2 is 2.05 bits per heavy atom. The summed E-state index contributed by atoms with van der Waals surface area (Å²) in [7, 11) is 0. The van der Waals surface area contributed by atoms with Crippen LogP contribution in [-0.2, 0) is 21.5 Å². The number of carbonyl (C=O) groups is 1. The van der Waals surface area contributed by atoms with Crippen LogP contribution in [0.4, 0.5) is 0 Å². The lowest BCUT2D eigenvalue weighted by atomic mass is 9.88. The molecule has 6 nitrogen and oxygen atoms in total. The predicted molar refractivity (Wildman–Crippen MR) is 82.0 cm³/mol. The second-order valence-electron chi connectivity index (χ2n) is 8.10. The van der Waals surface area contributed by atoms with Crippen LogP contribution < -0.4 is 5.73 Å². The molecule has 1 aromatic rings. The first kappa shape index (κ1) is 16.9. The highest BCUT2D eigenvalue weighted by atomic mass is 16.6. The van der Waals surface area contributed by atoms with Crippen molar-refractivity contribution in [2.75, 3.05) is 0 Å². The third-order valence-electron chi connectivity index (χ3n) is 3.92. The Labute approximate surface area is 131 Å². The molecule has 1 aliphatic carbocycles. The van der Waals surface area contributed by atoms with Crippen LogP contribution >= 0.6 is 0 Å². The summed E-state index contributed by atoms with van der Waals surface area (Å²) in [5, 5.41) is 4.02. The summed E-state index contributed by atoms with van der Waals surface area (Å²) in [6.07, 6.45) is 3.34. The van der Waals surface area contributed by atoms with Gasteiger partial charge in [-0.25, -0.2) is 0 Å². The highest BCUT2D eigenvalue weighted by molar-refractivity contribution is 5.70. The fourth-order valence-corrected chi connectivity index (χ4v) is 2.94. The van der Waals surface area contributed by atoms with Crippen LogP contribution in [0.1, 0.15) is 72.0 Å². The quantitative estimate of drug-likeness (QED) is 0.860. The van der Waals surface area contributed by atoms with Gasteiger partial charge in [0, 0.05) is 6.42 Å². The van der Waals surface area contributed by atoms with Crippen LogP contribution in [0.5, 0.6) is 0 Å². The monoisotopic (exact) mass is 309 g/mol. The topological polar surface area (TPSA) is 91.2 Å². The fourth-order valence-electron chi connectivity index (χ4n) is 2.94. The van der Waals surface area contributed by atoms with Crippen LogP contribution in [0.2, 0.25) is 0 Å². The number of hydrogen-bond acceptors (Lipinski definition) is 6. The number of aromatic nitrogens is 2. The minimum atomic E-state index is -0.517. The Bertz CT molecular complexity index is 545. The van der Waals surface area contributed by atoms with Crippen LogP contribution in [0.25, 0.3) is 0 Å². The first-order chi connectivity index (χ1) is 9.99. The molecule has 2 rings (SSSR count). The molecule has 1 heterocycles. The fraction of sp³-hybridized carbons (Fsp3) is 0.812. The average Bonchev–Trinajstić information content (AvgIpc) is 2.90. The molecule has 0 spiro atoms. The number of ether oxygens (including phenoxy) is 1. The molecule has 1 unspecified atom stereocenters. The molecule has 0 bridgehead atoms. The molecule has 0 radical (unpaired) electrons. The minimum Gasteiger partial charge on any atom is -0.460 e. The molecular weight excluding hydrogens is 282 g/mol. The summed E-state index contributed by atoms with van der Waals surface area (Å²) in [6, 6.07) is 0. The maximum absolute atomic E-state index is 11.7. The van der Waals surface area contributed by atoms with Gasteiger partial charge in [-0.05, 0) is 45.4 Å². The molecule has 1 aliphatic rings. The Balaban J connectivity index is 1.94. The van der Waals surface area contributed by atoms with E-state index in [1.165, 1.54) is 0 Å². The molecule has 0 amide bonds. The number of aryl methyl sites for hydroxylation is 1. The molecule has 2 N–H and O–H groups in total. The summed E-state index contributed by atoms with van der Waals surface area (Å²) < 4.78 is 10.5. The van der Waals surface area contributed by atoms with E-state index in [4.69, 9.17) is 15.0 Å². The predicted octanol–water partition coefficient (Wildman–Crippen LogP) is 2.71. The van der Waals surface area contributed by atoms with Crippen molar-refractivity contribution in [3.05, 3.63) is 11.7 Å². The second kappa shape index (κ2) is 5.65. The third kappa shape index (κ3) is 4.29. The lowest BCUT2D eigenvalue weighted by Crippen LogP contribution is -2.35. The highest BCUT2D eigenvalue weighted by Crippen LogP contribution is 2.46. The van der Waals surface area contributed by atoms with Crippen molar-refractivity contribution in [2.45, 2.75) is 77.9 Å². The Morgan fingerprint density at radius 1 is 1.36 bits per heavy atom. The smallest absolute Gasteiger partial charge is 0.306 e. The van der Waals surface area contributed by atoms with Gasteiger partial charge in [0.2, 0.25) is 5.89 Å². The SMILES string of the molecule is CC1(C)CCC(N)(c2noc(CCC(=O)OC(C)(C)C)n2)C1. The third-order valence-corrected chi connectivity index (χ3v) is 3.92. The van der Waals surface area contributed by atoms with E-state index in [0.29, 0.717) is 18.1 Å². The van der Waals surface area contributed by atoms with Crippen molar-refractivity contribution < 1.29 is 14.1 Å². The van der Waals surface area contributed by atoms with Crippen molar-refractivity contribution in [3.63, 3.8) is 0 Å². The zero-order valence-corrected chi connectivity index (χ0v) is 14.2. The standard InChI is InChI=1S/C16H27N3O3/c1-14(2,3)21-12(20)7-6-11-18-13(19-22-11)16(17)9-8-15(4,5)10-16/h6-10,17H2,1-5H3. The molecular formula is C16H27N3O3. The Morgan fingerprint density at radius 3 is 2.59 bits per heavy atom. The Kier molecular flexibility index (Phi) is 4.35. The molecule has 6 heteroatoms. The van der Waals surface area contributed by atoms with E-state index in [-0.39, 0.29) is 17.8 Å². The summed E-state index contributed by atoms with van der Waals surface area (Å²) in [5.74, 6) is 0.726. The van der Waals surface area contributed by atoms with Gasteiger partial charge in [0.15, 0.2) is 5.82 Å². The molecule has 1 fully saturated rings. The average molecular weight is 309 g/mol. The van der Waals surface area contributed by atoms with E-state index in [9.17, 15) is 4.79 Å². The molecule has 22 heavy (non-hydrogen) atoms. The number of hydrogen-bond donors (Lipinski definition) is 1. The van der Waals surface area contributed by atoms with Crippen molar-refractivity contribution in [1.29, 1.82) is 0 Å². The lowest BCUT2D eigenvalue weighted by Gasteiger charge is -2.22. The van der Waals surface area contributed by atoms with Gasteiger partial charge in [-0.15, -0.1) is 0 Å². The molecule has 1 atom stereocenters. The number of rotatable bonds is 4. The number of nitrogens with zero attached hydrogens (tertiary/aromatic N) is 2. The first-order valence-corrected chi connectivity index (χ1v) is 7.83. The zero-order valence-electron chi connectivity index (χ0n) is 14.2. The van der Waals surface area contributed by atoms with Crippen molar-refractivity contribution in [3.8, 4) is 0 Å². The minimum absolute atomic E-state index is 0.200. The molecule has 1 saturated carbocycles. The van der Waals surface area contributed by atoms with E-state index >= 15 is 0 Å². The Hall–Kier alpha value is -1.43. The summed E-state index contributed by atoms with van der Waals surface area (Å²) in [6.45, 7) is 9.93. The maximum Gasteiger partial charge on any atom is 0.306 e. The van der Waals surface area contributed by atoms with Gasteiger partial charge in [-0.1, -0.05) is 19.0 Å². The van der Waals surface area contributed by atoms with Gasteiger partial charge >= 0.3 is 5.97 Å². The van der Waals surface area contributed by atoms with Gasteiger partial charge in [-0.3, -0.25) is 4.79 Å². The van der Waals surface area contributed by atoms with E-state index < -0.39 is 11.1 Å². The lowest BCUT2D eigenvalue weighted by molar-refractivity contribution is -0.154. The molecule has 0 saturated heterocycles. The zero-order chi connectivity index (χ0) is 16.6. The molecule has 124 valence electrons. The van der Waals surface area contributed by atoms with Crippen LogP contribution in [0, 0.1) is 5.41 Å². The summed E-state index contributed by atoms with van der Waals surface area (Å²) in [5.41, 5.74) is 5.64. The van der Waals surface area contributed by atoms with E-state index in [2.05, 4.69) is 24.0 Å². The maximum atomic E-state index is 11.7. The van der Waals surface area contributed by atoms with Crippen molar-refractivity contribution in [1.82, 2.24) is 10.1 Å². The largest absolute Gasteiger partial charge is 0.460 e. The van der Waals surface area contributed by atoms with Crippen LogP contribution in [0.3, 0.4) is 0 Å². The van der Waals surface area contributed by atoms with Gasteiger partial charge < -0.3 is 15.0 Å². The highest BCUT2D eigenvalue weighted by Gasteiger charge is 2.44. The second-order valence-corrected chi connectivity index (χ2v) is 8.10. The van der Waals surface area contributed by atoms with Gasteiger partial charge in [0.1, 0.15) is 5.60 Å². The normalized spacial score (nSPS) is 24.5. The van der Waals surface area contributed by atoms with Gasteiger partial charge in [0.05, 0.1) is 12.0 Å². The van der Waals surface area contributed by atoms with Gasteiger partial charge in [0.25, 0.3) is 0 Å². The van der Waals surface area contributed by atoms with E-state index in [1.807, 2.05) is 20.8 Å². The summed E-state index contributed by atoms with van der Waals surface area (Å²) >= 11 is 0. The number of esters is 1. The summed E-state index contributed by atoms with van der Waals surface area (Å²) in [4.78, 5) is 16.1. The van der Waals surface area contributed by atoms with Crippen molar-refractivity contribution >= 4 is 5.97 Å². The van der Waals surface area contributed by atoms with Gasteiger partial charge in [-0.2, -0.15) is 4.98 Å². The first-order valence-electron chi connectivity index (χ1n) is 7.83. The molecule has 0 aliphatic heterocycles.